The number of phenolic OH excluding ortho intramolecular Hbond substituents is 1. The van der Waals surface area contributed by atoms with Gasteiger partial charge in [0.25, 0.3) is 5.91 Å². The number of nitrogens with two attached hydrogens (primary N) is 3. The van der Waals surface area contributed by atoms with Gasteiger partial charge in [0, 0.05) is 17.3 Å². The van der Waals surface area contributed by atoms with E-state index >= 15 is 0 Å². The molecule has 2 amide bonds. The molecular weight excluding hydrogens is 432 g/mol. The van der Waals surface area contributed by atoms with Crippen LogP contribution in [0.1, 0.15) is 15.9 Å². The fourth-order valence-corrected chi connectivity index (χ4v) is 3.45. The summed E-state index contributed by atoms with van der Waals surface area (Å²) in [6.07, 6.45) is 2.74. The highest BCUT2D eigenvalue weighted by Gasteiger charge is 2.15. The average Bonchev–Trinajstić information content (AvgIpc) is 2.74. The minimum absolute atomic E-state index is 0.0524. The molecule has 0 bridgehead atoms. The van der Waals surface area contributed by atoms with Crippen LogP contribution in [0.25, 0.3) is 17.2 Å². The van der Waals surface area contributed by atoms with E-state index in [2.05, 4.69) is 5.32 Å². The molecular formula is C22H20N4O5S. The number of nitrogens with one attached hydrogen (secondary N) is 1. The van der Waals surface area contributed by atoms with Gasteiger partial charge in [-0.15, -0.1) is 0 Å². The van der Waals surface area contributed by atoms with E-state index in [9.17, 15) is 23.1 Å². The molecule has 0 heterocycles. The van der Waals surface area contributed by atoms with Gasteiger partial charge in [0.2, 0.25) is 15.9 Å². The van der Waals surface area contributed by atoms with Crippen molar-refractivity contribution in [2.24, 2.45) is 10.9 Å². The summed E-state index contributed by atoms with van der Waals surface area (Å²) in [5, 5.41) is 17.1. The quantitative estimate of drug-likeness (QED) is 0.217. The molecule has 0 saturated carbocycles. The average molecular weight is 452 g/mol. The first kappa shape index (κ1) is 22.5. The molecule has 0 aliphatic heterocycles. The van der Waals surface area contributed by atoms with E-state index in [4.69, 9.17) is 16.6 Å². The van der Waals surface area contributed by atoms with Crippen molar-refractivity contribution in [3.63, 3.8) is 0 Å². The zero-order valence-corrected chi connectivity index (χ0v) is 17.5. The number of nitrogen functional groups attached to an aromatic ring is 1. The lowest BCUT2D eigenvalue weighted by Gasteiger charge is -2.12. The zero-order chi connectivity index (χ0) is 23.5. The van der Waals surface area contributed by atoms with E-state index < -0.39 is 21.8 Å². The monoisotopic (exact) mass is 452 g/mol. The van der Waals surface area contributed by atoms with E-state index in [1.807, 2.05) is 0 Å². The molecule has 3 aromatic rings. The highest BCUT2D eigenvalue weighted by molar-refractivity contribution is 7.89. The van der Waals surface area contributed by atoms with Gasteiger partial charge in [-0.25, -0.2) is 13.6 Å². The van der Waals surface area contributed by atoms with E-state index in [-0.39, 0.29) is 21.9 Å². The van der Waals surface area contributed by atoms with Crippen molar-refractivity contribution < 1.29 is 23.1 Å². The molecule has 10 heteroatoms. The molecule has 0 fully saturated rings. The number of carbonyl (C=O) groups is 2. The second-order valence-electron chi connectivity index (χ2n) is 6.83. The van der Waals surface area contributed by atoms with Gasteiger partial charge >= 0.3 is 0 Å². The number of carbonyl (C=O) groups excluding carboxylic acids is 2. The summed E-state index contributed by atoms with van der Waals surface area (Å²) in [6, 6.07) is 14.7. The molecule has 0 unspecified atom stereocenters. The van der Waals surface area contributed by atoms with Gasteiger partial charge in [-0.1, -0.05) is 12.1 Å². The molecule has 3 aromatic carbocycles. The summed E-state index contributed by atoms with van der Waals surface area (Å²) < 4.78 is 22.9. The Morgan fingerprint density at radius 1 is 0.969 bits per heavy atom. The van der Waals surface area contributed by atoms with Gasteiger partial charge in [0.15, 0.2) is 0 Å². The standard InChI is InChI=1S/C22H20N4O5S/c23-21-18(14-2-8-17(9-3-14)32(25,30)31)11-13(12-19(21)22(24)29)1-10-20(28)26-15-4-6-16(27)7-5-15/h1-12,27H,23H2,(H2,24,29)(H,26,28)(H2,25,30,31). The highest BCUT2D eigenvalue weighted by Crippen LogP contribution is 2.31. The van der Waals surface area contributed by atoms with Crippen molar-refractivity contribution in [2.75, 3.05) is 11.1 Å². The number of phenols is 1. The molecule has 8 N–H and O–H groups in total. The number of aromatic hydroxyl groups is 1. The van der Waals surface area contributed by atoms with Crippen LogP contribution in [0.15, 0.2) is 71.6 Å². The van der Waals surface area contributed by atoms with Crippen molar-refractivity contribution in [3.8, 4) is 16.9 Å². The minimum atomic E-state index is -3.86. The van der Waals surface area contributed by atoms with Crippen molar-refractivity contribution in [2.45, 2.75) is 4.90 Å². The largest absolute Gasteiger partial charge is 0.508 e. The van der Waals surface area contributed by atoms with Crippen LogP contribution in [0.4, 0.5) is 11.4 Å². The molecule has 9 nitrogen and oxygen atoms in total. The van der Waals surface area contributed by atoms with Gasteiger partial charge in [0.05, 0.1) is 16.1 Å². The van der Waals surface area contributed by atoms with Crippen LogP contribution in [0, 0.1) is 0 Å². The van der Waals surface area contributed by atoms with Crippen LogP contribution < -0.4 is 21.9 Å². The van der Waals surface area contributed by atoms with E-state index in [0.29, 0.717) is 22.4 Å². The molecule has 3 rings (SSSR count). The number of rotatable bonds is 6. The first-order valence-corrected chi connectivity index (χ1v) is 10.7. The maximum absolute atomic E-state index is 12.2. The second kappa shape index (κ2) is 8.92. The fourth-order valence-electron chi connectivity index (χ4n) is 2.94. The Morgan fingerprint density at radius 2 is 1.59 bits per heavy atom. The Bertz CT molecular complexity index is 1320. The molecule has 32 heavy (non-hydrogen) atoms. The van der Waals surface area contributed by atoms with Crippen LogP contribution in [0.2, 0.25) is 0 Å². The third-order valence-electron chi connectivity index (χ3n) is 4.52. The van der Waals surface area contributed by atoms with Gasteiger partial charge in [-0.3, -0.25) is 9.59 Å². The first-order valence-electron chi connectivity index (χ1n) is 9.19. The van der Waals surface area contributed by atoms with Crippen molar-refractivity contribution in [1.29, 1.82) is 0 Å². The summed E-state index contributed by atoms with van der Waals surface area (Å²) in [5.41, 5.74) is 13.6. The van der Waals surface area contributed by atoms with E-state index in [0.717, 1.165) is 0 Å². The maximum atomic E-state index is 12.2. The number of benzene rings is 3. The number of amides is 2. The maximum Gasteiger partial charge on any atom is 0.250 e. The zero-order valence-electron chi connectivity index (χ0n) is 16.6. The topological polar surface area (TPSA) is 179 Å². The van der Waals surface area contributed by atoms with Crippen LogP contribution in [-0.4, -0.2) is 25.3 Å². The minimum Gasteiger partial charge on any atom is -0.508 e. The number of primary amides is 1. The summed E-state index contributed by atoms with van der Waals surface area (Å²) >= 11 is 0. The molecule has 0 spiro atoms. The lowest BCUT2D eigenvalue weighted by molar-refractivity contribution is -0.111. The number of hydrogen-bond acceptors (Lipinski definition) is 6. The van der Waals surface area contributed by atoms with Crippen molar-refractivity contribution in [3.05, 3.63) is 77.9 Å². The van der Waals surface area contributed by atoms with Crippen LogP contribution in [-0.2, 0) is 14.8 Å². The Kier molecular flexibility index (Phi) is 6.28. The summed E-state index contributed by atoms with van der Waals surface area (Å²) in [6.45, 7) is 0. The third kappa shape index (κ3) is 5.31. The smallest absolute Gasteiger partial charge is 0.250 e. The predicted octanol–water partition coefficient (Wildman–Crippen LogP) is 2.04. The van der Waals surface area contributed by atoms with Gasteiger partial charge < -0.3 is 21.9 Å². The molecule has 0 atom stereocenters. The SMILES string of the molecule is NC(=O)c1cc(C=CC(=O)Nc2ccc(O)cc2)cc(-c2ccc(S(N)(=O)=O)cc2)c1N. The van der Waals surface area contributed by atoms with E-state index in [1.54, 1.807) is 18.2 Å². The van der Waals surface area contributed by atoms with Gasteiger partial charge in [-0.2, -0.15) is 0 Å². The highest BCUT2D eigenvalue weighted by atomic mass is 32.2. The Balaban J connectivity index is 1.94. The Labute approximate surface area is 184 Å². The summed E-state index contributed by atoms with van der Waals surface area (Å²) in [7, 11) is -3.86. The lowest BCUT2D eigenvalue weighted by Crippen LogP contribution is -2.14. The summed E-state index contributed by atoms with van der Waals surface area (Å²) in [4.78, 5) is 24.0. The fraction of sp³-hybridized carbons (Fsp3) is 0. The number of sulfonamides is 1. The van der Waals surface area contributed by atoms with Gasteiger partial charge in [-0.05, 0) is 65.7 Å². The van der Waals surface area contributed by atoms with Crippen molar-refractivity contribution in [1.82, 2.24) is 0 Å². The van der Waals surface area contributed by atoms with Crippen LogP contribution >= 0.6 is 0 Å². The lowest BCUT2D eigenvalue weighted by atomic mass is 9.96. The first-order chi connectivity index (χ1) is 15.0. The van der Waals surface area contributed by atoms with Crippen molar-refractivity contribution >= 4 is 39.3 Å². The van der Waals surface area contributed by atoms with Crippen LogP contribution in [0.3, 0.4) is 0 Å². The molecule has 0 aliphatic rings. The third-order valence-corrected chi connectivity index (χ3v) is 5.45. The normalized spacial score (nSPS) is 11.4. The predicted molar refractivity (Wildman–Crippen MR) is 122 cm³/mol. The van der Waals surface area contributed by atoms with Gasteiger partial charge in [0.1, 0.15) is 5.75 Å². The molecule has 0 aliphatic carbocycles. The molecule has 0 aromatic heterocycles. The second-order valence-corrected chi connectivity index (χ2v) is 8.39. The molecule has 0 saturated heterocycles. The van der Waals surface area contributed by atoms with E-state index in [1.165, 1.54) is 54.6 Å². The molecule has 164 valence electrons. The molecule has 0 radical (unpaired) electrons. The Hall–Kier alpha value is -4.15. The number of primary sulfonamides is 1. The van der Waals surface area contributed by atoms with Crippen LogP contribution in [0.5, 0.6) is 5.75 Å². The Morgan fingerprint density at radius 3 is 2.16 bits per heavy atom. The summed E-state index contributed by atoms with van der Waals surface area (Å²) in [5.74, 6) is -1.12. The number of anilines is 2. The number of hydrogen-bond donors (Lipinski definition) is 5.